The van der Waals surface area contributed by atoms with E-state index in [4.69, 9.17) is 14.7 Å². The van der Waals surface area contributed by atoms with E-state index in [-0.39, 0.29) is 23.2 Å². The highest BCUT2D eigenvalue weighted by atomic mass is 28.4. The van der Waals surface area contributed by atoms with Crippen molar-refractivity contribution in [3.8, 4) is 0 Å². The molecule has 6 nitrogen and oxygen atoms in total. The van der Waals surface area contributed by atoms with Crippen LogP contribution in [0, 0.1) is 40.4 Å². The predicted molar refractivity (Wildman–Crippen MR) is 137 cm³/mol. The highest BCUT2D eigenvalue weighted by molar-refractivity contribution is 6.69. The molecule has 0 amide bonds. The summed E-state index contributed by atoms with van der Waals surface area (Å²) in [7, 11) is -1.70. The van der Waals surface area contributed by atoms with Crippen LogP contribution < -0.4 is 0 Å². The van der Waals surface area contributed by atoms with Gasteiger partial charge in [-0.05, 0) is 112 Å². The van der Waals surface area contributed by atoms with E-state index in [2.05, 4.69) is 50.4 Å². The molecule has 4 saturated carbocycles. The Hall–Kier alpha value is -0.593. The van der Waals surface area contributed by atoms with Gasteiger partial charge in [-0.3, -0.25) is 0 Å². The summed E-state index contributed by atoms with van der Waals surface area (Å²) in [6.45, 7) is 14.7. The van der Waals surface area contributed by atoms with E-state index >= 15 is 0 Å². The maximum absolute atomic E-state index is 10.4. The van der Waals surface area contributed by atoms with E-state index < -0.39 is 8.32 Å². The molecule has 0 bridgehead atoms. The van der Waals surface area contributed by atoms with Gasteiger partial charge in [-0.25, -0.2) is 0 Å². The fraction of sp³-hybridized carbons (Fsp3) is 1.00. The number of aliphatic hydroxyl groups excluding tert-OH is 1. The van der Waals surface area contributed by atoms with Crippen LogP contribution in [0.25, 0.3) is 10.4 Å². The van der Waals surface area contributed by atoms with Crippen LogP contribution in [0.15, 0.2) is 5.11 Å². The lowest BCUT2D eigenvalue weighted by atomic mass is 9.44. The van der Waals surface area contributed by atoms with Crippen molar-refractivity contribution >= 4 is 8.32 Å². The lowest BCUT2D eigenvalue weighted by Gasteiger charge is -2.59. The molecular weight excluding hydrogens is 442 g/mol. The molecule has 0 aromatic heterocycles. The Morgan fingerprint density at radius 2 is 1.91 bits per heavy atom. The minimum absolute atomic E-state index is 0.0203. The van der Waals surface area contributed by atoms with Gasteiger partial charge < -0.3 is 14.3 Å². The summed E-state index contributed by atoms with van der Waals surface area (Å²) in [5.41, 5.74) is 9.51. The molecule has 0 radical (unpaired) electrons. The number of epoxide rings is 1. The van der Waals surface area contributed by atoms with Crippen LogP contribution in [-0.2, 0) is 9.16 Å². The van der Waals surface area contributed by atoms with Gasteiger partial charge in [0.05, 0.1) is 24.9 Å². The molecule has 11 atom stereocenters. The Balaban J connectivity index is 1.32. The summed E-state index contributed by atoms with van der Waals surface area (Å²) in [6.07, 6.45) is 10.7. The number of rotatable bonds is 7. The van der Waals surface area contributed by atoms with E-state index in [0.717, 1.165) is 43.4 Å². The molecule has 0 aromatic rings. The molecule has 1 saturated heterocycles. The maximum Gasteiger partial charge on any atom is 0.184 e. The number of nitrogens with zero attached hydrogens (tertiary/aromatic N) is 3. The molecule has 7 heteroatoms. The molecule has 1 N–H and O–H groups in total. The van der Waals surface area contributed by atoms with Gasteiger partial charge in [0, 0.05) is 16.7 Å². The fourth-order valence-electron chi connectivity index (χ4n) is 10.00. The van der Waals surface area contributed by atoms with Crippen molar-refractivity contribution < 1.29 is 14.3 Å². The van der Waals surface area contributed by atoms with E-state index in [0.29, 0.717) is 29.9 Å². The molecule has 192 valence electrons. The fourth-order valence-corrected chi connectivity index (χ4v) is 11.2. The first-order valence-corrected chi connectivity index (χ1v) is 17.4. The molecule has 5 fully saturated rings. The largest absolute Gasteiger partial charge is 0.415 e. The van der Waals surface area contributed by atoms with E-state index in [1.165, 1.54) is 32.1 Å². The summed E-state index contributed by atoms with van der Waals surface area (Å²) >= 11 is 0. The molecule has 1 heterocycles. The molecule has 34 heavy (non-hydrogen) atoms. The first-order chi connectivity index (χ1) is 15.9. The van der Waals surface area contributed by atoms with Crippen molar-refractivity contribution in [2.75, 3.05) is 6.54 Å². The first kappa shape index (κ1) is 25.1. The topological polar surface area (TPSA) is 90.8 Å². The Bertz CT molecular complexity index is 843. The second kappa shape index (κ2) is 8.48. The zero-order valence-corrected chi connectivity index (χ0v) is 23.3. The monoisotopic (exact) mass is 489 g/mol. The average molecular weight is 490 g/mol. The van der Waals surface area contributed by atoms with Crippen molar-refractivity contribution in [2.24, 2.45) is 45.5 Å². The summed E-state index contributed by atoms with van der Waals surface area (Å²) in [5.74, 6) is 3.60. The summed E-state index contributed by atoms with van der Waals surface area (Å²) < 4.78 is 13.0. The Morgan fingerprint density at radius 3 is 2.62 bits per heavy atom. The van der Waals surface area contributed by atoms with Crippen LogP contribution in [0.5, 0.6) is 0 Å². The van der Waals surface area contributed by atoms with Gasteiger partial charge in [0.2, 0.25) is 0 Å². The maximum atomic E-state index is 10.4. The number of hydrogen-bond acceptors (Lipinski definition) is 4. The van der Waals surface area contributed by atoms with Gasteiger partial charge in [-0.15, -0.1) is 0 Å². The SMILES string of the molecule is C[C@H](C[C@@H](CN=[N+]=[N-])O[Si](C)(C)C)C1CCC2C3CC4OC45CC(O)CC[C@@]5(C)C3CC[C@]21C. The summed E-state index contributed by atoms with van der Waals surface area (Å²) in [4.78, 5) is 3.02. The number of hydrogen-bond donors (Lipinski definition) is 1. The van der Waals surface area contributed by atoms with Gasteiger partial charge in [0.1, 0.15) is 5.60 Å². The van der Waals surface area contributed by atoms with Crippen molar-refractivity contribution in [3.05, 3.63) is 10.4 Å². The normalized spacial score (nSPS) is 49.0. The highest BCUT2D eigenvalue weighted by Gasteiger charge is 2.76. The van der Waals surface area contributed by atoms with Crippen LogP contribution >= 0.6 is 0 Å². The number of fused-ring (bicyclic) bond motifs is 4. The van der Waals surface area contributed by atoms with E-state index in [1.807, 2.05) is 0 Å². The molecule has 0 aromatic carbocycles. The van der Waals surface area contributed by atoms with Gasteiger partial charge in [0.25, 0.3) is 0 Å². The Morgan fingerprint density at radius 1 is 1.15 bits per heavy atom. The van der Waals surface area contributed by atoms with Crippen molar-refractivity contribution in [1.82, 2.24) is 0 Å². The molecule has 1 spiro atoms. The van der Waals surface area contributed by atoms with Gasteiger partial charge >= 0.3 is 0 Å². The standard InChI is InChI=1S/C27H47N3O3Si/c1-17(13-19(16-29-30-28)33-34(4,5)6)21-7-8-22-20-14-24-27(32-24)15-18(31)9-12-26(27,3)23(20)10-11-25(21,22)2/h17-24,31H,7-16H2,1-6H3/t17-,18?,19+,20?,21?,22?,23?,24?,25+,26+,27?/m1/s1. The minimum Gasteiger partial charge on any atom is -0.415 e. The zero-order chi connectivity index (χ0) is 24.5. The second-order valence-electron chi connectivity index (χ2n) is 14.1. The van der Waals surface area contributed by atoms with E-state index in [9.17, 15) is 5.11 Å². The summed E-state index contributed by atoms with van der Waals surface area (Å²) in [5, 5.41) is 14.3. The average Bonchev–Trinajstić information content (AvgIpc) is 3.31. The molecular formula is C27H47N3O3Si. The Labute approximate surface area is 207 Å². The van der Waals surface area contributed by atoms with Crippen LogP contribution in [0.4, 0.5) is 0 Å². The summed E-state index contributed by atoms with van der Waals surface area (Å²) in [6, 6.07) is 0. The first-order valence-electron chi connectivity index (χ1n) is 14.0. The van der Waals surface area contributed by atoms with E-state index in [1.54, 1.807) is 0 Å². The number of aliphatic hydroxyl groups is 1. The minimum atomic E-state index is -1.70. The highest BCUT2D eigenvalue weighted by Crippen LogP contribution is 2.74. The van der Waals surface area contributed by atoms with Crippen molar-refractivity contribution in [2.45, 2.75) is 122 Å². The number of ether oxygens (including phenoxy) is 1. The predicted octanol–water partition coefficient (Wildman–Crippen LogP) is 6.69. The molecule has 7 unspecified atom stereocenters. The van der Waals surface area contributed by atoms with Crippen LogP contribution in [-0.4, -0.2) is 43.9 Å². The van der Waals surface area contributed by atoms with Crippen molar-refractivity contribution in [3.63, 3.8) is 0 Å². The van der Waals surface area contributed by atoms with Crippen LogP contribution in [0.2, 0.25) is 19.6 Å². The molecule has 1 aliphatic heterocycles. The van der Waals surface area contributed by atoms with Crippen molar-refractivity contribution in [1.29, 1.82) is 0 Å². The third-order valence-electron chi connectivity index (χ3n) is 11.3. The second-order valence-corrected chi connectivity index (χ2v) is 18.6. The quantitative estimate of drug-likeness (QED) is 0.142. The van der Waals surface area contributed by atoms with Crippen LogP contribution in [0.3, 0.4) is 0 Å². The van der Waals surface area contributed by atoms with Gasteiger partial charge in [-0.1, -0.05) is 25.9 Å². The molecule has 4 aliphatic carbocycles. The van der Waals surface area contributed by atoms with Gasteiger partial charge in [0.15, 0.2) is 8.32 Å². The number of azide groups is 1. The third-order valence-corrected chi connectivity index (χ3v) is 12.4. The lowest BCUT2D eigenvalue weighted by molar-refractivity contribution is -0.117. The molecule has 5 rings (SSSR count). The molecule has 5 aliphatic rings. The van der Waals surface area contributed by atoms with Crippen LogP contribution in [0.1, 0.15) is 78.6 Å². The third kappa shape index (κ3) is 3.89. The zero-order valence-electron chi connectivity index (χ0n) is 22.3. The van der Waals surface area contributed by atoms with Gasteiger partial charge in [-0.2, -0.15) is 0 Å². The Kier molecular flexibility index (Phi) is 6.25. The lowest BCUT2D eigenvalue weighted by Crippen LogP contribution is -2.58. The smallest absolute Gasteiger partial charge is 0.184 e.